The molecule has 7 nitrogen and oxygen atoms in total. The van der Waals surface area contributed by atoms with Crippen molar-refractivity contribution >= 4 is 21.2 Å². The van der Waals surface area contributed by atoms with Gasteiger partial charge in [0, 0.05) is 18.8 Å². The number of fused-ring (bicyclic) bond motifs is 1. The molecule has 1 aromatic carbocycles. The van der Waals surface area contributed by atoms with Gasteiger partial charge in [-0.25, -0.2) is 23.3 Å². The average Bonchev–Trinajstić information content (AvgIpc) is 2.73. The van der Waals surface area contributed by atoms with Gasteiger partial charge in [-0.05, 0) is 23.8 Å². The van der Waals surface area contributed by atoms with E-state index in [-0.39, 0.29) is 10.6 Å². The van der Waals surface area contributed by atoms with E-state index < -0.39 is 10.0 Å². The number of aryl methyl sites for hydroxylation is 1. The third-order valence-corrected chi connectivity index (χ3v) is 4.17. The van der Waals surface area contributed by atoms with E-state index in [2.05, 4.69) is 9.97 Å². The summed E-state index contributed by atoms with van der Waals surface area (Å²) >= 11 is 0. The number of hydrogen-bond donors (Lipinski definition) is 2. The minimum absolute atomic E-state index is 0.0306. The van der Waals surface area contributed by atoms with Crippen molar-refractivity contribution in [1.82, 2.24) is 14.5 Å². The summed E-state index contributed by atoms with van der Waals surface area (Å²) < 4.78 is 24.2. The van der Waals surface area contributed by atoms with E-state index in [0.29, 0.717) is 22.3 Å². The normalized spacial score (nSPS) is 11.9. The second-order valence-corrected chi connectivity index (χ2v) is 6.22. The van der Waals surface area contributed by atoms with Gasteiger partial charge in [0.2, 0.25) is 10.0 Å². The van der Waals surface area contributed by atoms with Crippen LogP contribution in [0.4, 0.5) is 0 Å². The maximum atomic E-state index is 11.5. The van der Waals surface area contributed by atoms with Crippen LogP contribution in [-0.2, 0) is 17.1 Å². The summed E-state index contributed by atoms with van der Waals surface area (Å²) in [5.74, 6) is 0. The third kappa shape index (κ3) is 2.34. The highest BCUT2D eigenvalue weighted by Gasteiger charge is 2.11. The maximum absolute atomic E-state index is 11.5. The molecule has 2 heterocycles. The van der Waals surface area contributed by atoms with Gasteiger partial charge in [0.25, 0.3) is 0 Å². The van der Waals surface area contributed by atoms with Crippen molar-refractivity contribution in [2.45, 2.75) is 4.90 Å². The SMILES string of the molecule is Cn1c(=O)[nH]c2ncc(-c3cccc(S(N)(=O)=O)c3)cc21. The number of nitrogens with one attached hydrogen (secondary N) is 1. The van der Waals surface area contributed by atoms with E-state index in [1.807, 2.05) is 0 Å². The van der Waals surface area contributed by atoms with E-state index >= 15 is 0 Å². The molecule has 0 saturated carbocycles. The highest BCUT2D eigenvalue weighted by atomic mass is 32.2. The van der Waals surface area contributed by atoms with E-state index in [1.54, 1.807) is 31.4 Å². The Bertz CT molecular complexity index is 1000. The van der Waals surface area contributed by atoms with Crippen LogP contribution in [-0.4, -0.2) is 23.0 Å². The number of pyridine rings is 1. The zero-order valence-electron chi connectivity index (χ0n) is 11.1. The van der Waals surface area contributed by atoms with Crippen molar-refractivity contribution in [3.63, 3.8) is 0 Å². The van der Waals surface area contributed by atoms with Crippen LogP contribution < -0.4 is 10.8 Å². The summed E-state index contributed by atoms with van der Waals surface area (Å²) in [6.45, 7) is 0. The second kappa shape index (κ2) is 4.54. The summed E-state index contributed by atoms with van der Waals surface area (Å²) in [6.07, 6.45) is 1.57. The first-order valence-corrected chi connectivity index (χ1v) is 7.59. The first-order chi connectivity index (χ1) is 9.86. The van der Waals surface area contributed by atoms with Crippen LogP contribution in [0.25, 0.3) is 22.3 Å². The minimum Gasteiger partial charge on any atom is -0.294 e. The number of imidazole rings is 1. The van der Waals surface area contributed by atoms with Gasteiger partial charge in [-0.15, -0.1) is 0 Å². The van der Waals surface area contributed by atoms with Crippen molar-refractivity contribution in [3.05, 3.63) is 47.0 Å². The molecule has 21 heavy (non-hydrogen) atoms. The molecule has 0 aliphatic heterocycles. The summed E-state index contributed by atoms with van der Waals surface area (Å²) in [4.78, 5) is 18.4. The van der Waals surface area contributed by atoms with Gasteiger partial charge in [-0.2, -0.15) is 0 Å². The summed E-state index contributed by atoms with van der Waals surface area (Å²) in [5, 5.41) is 5.13. The molecule has 2 aromatic heterocycles. The lowest BCUT2D eigenvalue weighted by Crippen LogP contribution is -2.12. The molecule has 3 N–H and O–H groups in total. The predicted octanol–water partition coefficient (Wildman–Crippen LogP) is 0.576. The van der Waals surface area contributed by atoms with Gasteiger partial charge < -0.3 is 0 Å². The lowest BCUT2D eigenvalue weighted by molar-refractivity contribution is 0.598. The molecule has 108 valence electrons. The number of hydrogen-bond acceptors (Lipinski definition) is 4. The number of aromatic amines is 1. The summed E-state index contributed by atoms with van der Waals surface area (Å²) in [7, 11) is -2.13. The Morgan fingerprint density at radius 3 is 2.71 bits per heavy atom. The van der Waals surface area contributed by atoms with Gasteiger partial charge in [0.1, 0.15) is 0 Å². The van der Waals surface area contributed by atoms with Gasteiger partial charge in [-0.1, -0.05) is 12.1 Å². The molecule has 0 aliphatic rings. The number of aromatic nitrogens is 3. The zero-order valence-corrected chi connectivity index (χ0v) is 11.9. The molecular formula is C13H12N4O3S. The topological polar surface area (TPSA) is 111 Å². The molecule has 0 unspecified atom stereocenters. The largest absolute Gasteiger partial charge is 0.327 e. The van der Waals surface area contributed by atoms with E-state index in [4.69, 9.17) is 5.14 Å². The fourth-order valence-corrected chi connectivity index (χ4v) is 2.67. The quantitative estimate of drug-likeness (QED) is 0.721. The Kier molecular flexibility index (Phi) is 2.92. The third-order valence-electron chi connectivity index (χ3n) is 3.25. The Labute approximate surface area is 120 Å². The van der Waals surface area contributed by atoms with Gasteiger partial charge >= 0.3 is 5.69 Å². The van der Waals surface area contributed by atoms with Gasteiger partial charge in [-0.3, -0.25) is 9.55 Å². The molecule has 0 atom stereocenters. The minimum atomic E-state index is -3.76. The molecule has 0 saturated heterocycles. The van der Waals surface area contributed by atoms with Crippen molar-refractivity contribution < 1.29 is 8.42 Å². The Morgan fingerprint density at radius 2 is 2.00 bits per heavy atom. The van der Waals surface area contributed by atoms with Gasteiger partial charge in [0.15, 0.2) is 5.65 Å². The smallest absolute Gasteiger partial charge is 0.294 e. The Balaban J connectivity index is 2.21. The maximum Gasteiger partial charge on any atom is 0.327 e. The van der Waals surface area contributed by atoms with Crippen molar-refractivity contribution in [2.24, 2.45) is 12.2 Å². The van der Waals surface area contributed by atoms with Crippen molar-refractivity contribution in [2.75, 3.05) is 0 Å². The number of H-pyrrole nitrogens is 1. The molecule has 0 radical (unpaired) electrons. The number of benzene rings is 1. The number of sulfonamides is 1. The molecule has 0 aliphatic carbocycles. The van der Waals surface area contributed by atoms with Crippen LogP contribution in [0.15, 0.2) is 46.2 Å². The first kappa shape index (κ1) is 13.5. The highest BCUT2D eigenvalue weighted by Crippen LogP contribution is 2.23. The van der Waals surface area contributed by atoms with Crippen molar-refractivity contribution in [1.29, 1.82) is 0 Å². The number of nitrogens with zero attached hydrogens (tertiary/aromatic N) is 2. The first-order valence-electron chi connectivity index (χ1n) is 6.04. The molecular weight excluding hydrogens is 292 g/mol. The molecule has 8 heteroatoms. The van der Waals surface area contributed by atoms with Crippen LogP contribution in [0.1, 0.15) is 0 Å². The number of primary sulfonamides is 1. The zero-order chi connectivity index (χ0) is 15.2. The standard InChI is InChI=1S/C13H12N4O3S/c1-17-11-6-9(7-15-12(11)16-13(17)18)8-3-2-4-10(5-8)21(14,19)20/h2-7H,1H3,(H2,14,19,20)(H,15,16,18). The monoisotopic (exact) mass is 304 g/mol. The lowest BCUT2D eigenvalue weighted by Gasteiger charge is -2.04. The van der Waals surface area contributed by atoms with Gasteiger partial charge in [0.05, 0.1) is 10.4 Å². The molecule has 0 bridgehead atoms. The highest BCUT2D eigenvalue weighted by molar-refractivity contribution is 7.89. The molecule has 0 amide bonds. The average molecular weight is 304 g/mol. The Morgan fingerprint density at radius 1 is 1.24 bits per heavy atom. The van der Waals surface area contributed by atoms with E-state index in [1.165, 1.54) is 16.7 Å². The Hall–Kier alpha value is -2.45. The number of rotatable bonds is 2. The van der Waals surface area contributed by atoms with Crippen LogP contribution in [0, 0.1) is 0 Å². The summed E-state index contributed by atoms with van der Waals surface area (Å²) in [6, 6.07) is 8.03. The summed E-state index contributed by atoms with van der Waals surface area (Å²) in [5.41, 5.74) is 2.22. The fraction of sp³-hybridized carbons (Fsp3) is 0.0769. The van der Waals surface area contributed by atoms with Crippen LogP contribution >= 0.6 is 0 Å². The van der Waals surface area contributed by atoms with E-state index in [9.17, 15) is 13.2 Å². The second-order valence-electron chi connectivity index (χ2n) is 4.65. The molecule has 0 spiro atoms. The molecule has 3 aromatic rings. The van der Waals surface area contributed by atoms with Crippen molar-refractivity contribution in [3.8, 4) is 11.1 Å². The molecule has 0 fully saturated rings. The van der Waals surface area contributed by atoms with Crippen LogP contribution in [0.3, 0.4) is 0 Å². The van der Waals surface area contributed by atoms with Crippen LogP contribution in [0.5, 0.6) is 0 Å². The lowest BCUT2D eigenvalue weighted by atomic mass is 10.1. The molecule has 3 rings (SSSR count). The van der Waals surface area contributed by atoms with Crippen LogP contribution in [0.2, 0.25) is 0 Å². The number of nitrogens with two attached hydrogens (primary N) is 1. The fourth-order valence-electron chi connectivity index (χ4n) is 2.11. The van der Waals surface area contributed by atoms with E-state index in [0.717, 1.165) is 0 Å². The predicted molar refractivity (Wildman–Crippen MR) is 78.1 cm³/mol.